The summed E-state index contributed by atoms with van der Waals surface area (Å²) in [7, 11) is 0. The molecule has 0 radical (unpaired) electrons. The fourth-order valence-electron chi connectivity index (χ4n) is 3.67. The van der Waals surface area contributed by atoms with E-state index in [1.165, 1.54) is 0 Å². The first-order valence-corrected chi connectivity index (χ1v) is 9.96. The van der Waals surface area contributed by atoms with Gasteiger partial charge >= 0.3 is 6.03 Å². The Hall–Kier alpha value is -3.94. The molecule has 158 valence electrons. The smallest absolute Gasteiger partial charge is 0.325 e. The van der Waals surface area contributed by atoms with Crippen LogP contribution in [0.15, 0.2) is 73.3 Å². The molecular formula is C23H23N5O3. The maximum atomic E-state index is 12.9. The van der Waals surface area contributed by atoms with Gasteiger partial charge in [0.1, 0.15) is 12.1 Å². The first-order valence-electron chi connectivity index (χ1n) is 9.96. The van der Waals surface area contributed by atoms with Crippen LogP contribution in [-0.2, 0) is 15.1 Å². The molecule has 0 unspecified atom stereocenters. The van der Waals surface area contributed by atoms with Crippen LogP contribution >= 0.6 is 0 Å². The zero-order chi connectivity index (χ0) is 22.0. The molecule has 1 aliphatic rings. The Morgan fingerprint density at radius 3 is 2.48 bits per heavy atom. The Kier molecular flexibility index (Phi) is 5.29. The summed E-state index contributed by atoms with van der Waals surface area (Å²) in [5.74, 6) is -0.858. The first-order chi connectivity index (χ1) is 14.9. The van der Waals surface area contributed by atoms with Gasteiger partial charge in [0.05, 0.1) is 12.4 Å². The second kappa shape index (κ2) is 8.06. The molecule has 4 rings (SSSR count). The van der Waals surface area contributed by atoms with Crippen LogP contribution in [0, 0.1) is 0 Å². The lowest BCUT2D eigenvalue weighted by Crippen LogP contribution is -2.43. The van der Waals surface area contributed by atoms with Gasteiger partial charge in [-0.25, -0.2) is 9.78 Å². The van der Waals surface area contributed by atoms with Crippen molar-refractivity contribution in [1.82, 2.24) is 25.1 Å². The van der Waals surface area contributed by atoms with E-state index in [9.17, 15) is 14.4 Å². The monoisotopic (exact) mass is 417 g/mol. The molecule has 0 saturated carbocycles. The van der Waals surface area contributed by atoms with Gasteiger partial charge in [-0.15, -0.1) is 0 Å². The van der Waals surface area contributed by atoms with Gasteiger partial charge in [0.15, 0.2) is 0 Å². The second-order valence-corrected chi connectivity index (χ2v) is 7.66. The molecule has 1 aromatic heterocycles. The molecule has 1 saturated heterocycles. The van der Waals surface area contributed by atoms with Crippen LogP contribution in [-0.4, -0.2) is 38.8 Å². The zero-order valence-corrected chi connectivity index (χ0v) is 17.3. The fourth-order valence-corrected chi connectivity index (χ4v) is 3.67. The van der Waals surface area contributed by atoms with E-state index in [1.807, 2.05) is 48.0 Å². The van der Waals surface area contributed by atoms with Crippen molar-refractivity contribution in [1.29, 1.82) is 0 Å². The van der Waals surface area contributed by atoms with Crippen molar-refractivity contribution >= 4 is 17.8 Å². The van der Waals surface area contributed by atoms with Crippen LogP contribution in [0.2, 0.25) is 0 Å². The molecule has 0 aliphatic carbocycles. The number of aromatic nitrogens is 2. The number of amides is 4. The van der Waals surface area contributed by atoms with E-state index in [0.29, 0.717) is 5.56 Å². The third-order valence-corrected chi connectivity index (χ3v) is 5.50. The number of rotatable bonds is 6. The number of hydrogen-bond acceptors (Lipinski definition) is 4. The van der Waals surface area contributed by atoms with Crippen molar-refractivity contribution in [3.8, 4) is 5.69 Å². The minimum Gasteiger partial charge on any atom is -0.348 e. The molecule has 2 aromatic carbocycles. The third kappa shape index (κ3) is 3.92. The maximum Gasteiger partial charge on any atom is 0.325 e. The largest absolute Gasteiger partial charge is 0.348 e. The molecule has 0 spiro atoms. The average molecular weight is 417 g/mol. The van der Waals surface area contributed by atoms with E-state index in [0.717, 1.165) is 16.2 Å². The average Bonchev–Trinajstić information content (AvgIpc) is 3.38. The van der Waals surface area contributed by atoms with Crippen molar-refractivity contribution in [3.05, 3.63) is 84.4 Å². The summed E-state index contributed by atoms with van der Waals surface area (Å²) in [6.07, 6.45) is 5.26. The quantitative estimate of drug-likeness (QED) is 0.603. The molecule has 3 aromatic rings. The number of imidazole rings is 1. The van der Waals surface area contributed by atoms with Gasteiger partial charge in [0, 0.05) is 18.1 Å². The van der Waals surface area contributed by atoms with E-state index >= 15 is 0 Å². The molecule has 4 amide bonds. The summed E-state index contributed by atoms with van der Waals surface area (Å²) in [4.78, 5) is 42.9. The molecule has 2 N–H and O–H groups in total. The number of nitrogens with zero attached hydrogens (tertiary/aromatic N) is 3. The first kappa shape index (κ1) is 20.3. The maximum absolute atomic E-state index is 12.9. The van der Waals surface area contributed by atoms with Crippen LogP contribution in [0.4, 0.5) is 4.79 Å². The van der Waals surface area contributed by atoms with E-state index < -0.39 is 23.4 Å². The van der Waals surface area contributed by atoms with Gasteiger partial charge in [-0.05, 0) is 37.1 Å². The summed E-state index contributed by atoms with van der Waals surface area (Å²) in [5, 5.41) is 5.56. The molecule has 1 aliphatic heterocycles. The summed E-state index contributed by atoms with van der Waals surface area (Å²) < 4.78 is 1.88. The third-order valence-electron chi connectivity index (χ3n) is 5.50. The number of carbonyl (C=O) groups is 3. The minimum absolute atomic E-state index is 0.286. The van der Waals surface area contributed by atoms with E-state index in [4.69, 9.17) is 0 Å². The van der Waals surface area contributed by atoms with Gasteiger partial charge in [0.25, 0.3) is 5.91 Å². The molecule has 0 bridgehead atoms. The Morgan fingerprint density at radius 1 is 1.13 bits per heavy atom. The molecule has 2 heterocycles. The SMILES string of the molecule is C[C@H](NC(=O)CN1C(=O)N[C@](C)(c2ccccc2)C1=O)c1ccc(-n2ccnc2)cc1. The Morgan fingerprint density at radius 2 is 1.84 bits per heavy atom. The van der Waals surface area contributed by atoms with Crippen molar-refractivity contribution < 1.29 is 14.4 Å². The van der Waals surface area contributed by atoms with Crippen molar-refractivity contribution in [2.24, 2.45) is 0 Å². The number of imide groups is 1. The van der Waals surface area contributed by atoms with Crippen LogP contribution in [0.1, 0.15) is 31.0 Å². The molecule has 31 heavy (non-hydrogen) atoms. The summed E-state index contributed by atoms with van der Waals surface area (Å²) in [6, 6.07) is 15.8. The van der Waals surface area contributed by atoms with Gasteiger partial charge in [-0.2, -0.15) is 0 Å². The minimum atomic E-state index is -1.19. The highest BCUT2D eigenvalue weighted by atomic mass is 16.2. The van der Waals surface area contributed by atoms with Crippen LogP contribution in [0.25, 0.3) is 5.69 Å². The van der Waals surface area contributed by atoms with Crippen LogP contribution in [0.5, 0.6) is 0 Å². The lowest BCUT2D eigenvalue weighted by Gasteiger charge is -2.22. The number of carbonyl (C=O) groups excluding carboxylic acids is 3. The van der Waals surface area contributed by atoms with E-state index in [-0.39, 0.29) is 12.6 Å². The predicted octanol–water partition coefficient (Wildman–Crippen LogP) is 2.52. The lowest BCUT2D eigenvalue weighted by molar-refractivity contribution is -0.135. The number of benzene rings is 2. The number of urea groups is 1. The topological polar surface area (TPSA) is 96.3 Å². The number of nitrogens with one attached hydrogen (secondary N) is 2. The van der Waals surface area contributed by atoms with Crippen molar-refractivity contribution in [2.75, 3.05) is 6.54 Å². The molecule has 8 heteroatoms. The molecule has 1 fully saturated rings. The molecular weight excluding hydrogens is 394 g/mol. The second-order valence-electron chi connectivity index (χ2n) is 7.66. The van der Waals surface area contributed by atoms with Gasteiger partial charge in [-0.3, -0.25) is 14.5 Å². The van der Waals surface area contributed by atoms with Crippen LogP contribution < -0.4 is 10.6 Å². The highest BCUT2D eigenvalue weighted by Gasteiger charge is 2.49. The predicted molar refractivity (Wildman–Crippen MR) is 114 cm³/mol. The summed E-state index contributed by atoms with van der Waals surface area (Å²) in [6.45, 7) is 3.15. The van der Waals surface area contributed by atoms with Gasteiger partial charge in [-0.1, -0.05) is 42.5 Å². The standard InChI is InChI=1S/C23H23N5O3/c1-16(17-8-10-19(11-9-17)27-13-12-24-15-27)25-20(29)14-28-21(30)23(2,26-22(28)31)18-6-4-3-5-7-18/h3-13,15-16H,14H2,1-2H3,(H,25,29)(H,26,31)/t16-,23+/m0/s1. The lowest BCUT2D eigenvalue weighted by atomic mass is 9.92. The van der Waals surface area contributed by atoms with E-state index in [2.05, 4.69) is 15.6 Å². The van der Waals surface area contributed by atoms with Gasteiger partial charge in [0.2, 0.25) is 5.91 Å². The van der Waals surface area contributed by atoms with Crippen LogP contribution in [0.3, 0.4) is 0 Å². The van der Waals surface area contributed by atoms with E-state index in [1.54, 1.807) is 43.7 Å². The Balaban J connectivity index is 1.40. The fraction of sp³-hybridized carbons (Fsp3) is 0.217. The molecule has 8 nitrogen and oxygen atoms in total. The normalized spacial score (nSPS) is 19.2. The van der Waals surface area contributed by atoms with Gasteiger partial charge < -0.3 is 15.2 Å². The summed E-state index contributed by atoms with van der Waals surface area (Å²) >= 11 is 0. The highest BCUT2D eigenvalue weighted by molar-refractivity contribution is 6.09. The Labute approximate surface area is 179 Å². The Bertz CT molecular complexity index is 1100. The summed E-state index contributed by atoms with van der Waals surface area (Å²) in [5.41, 5.74) is 1.35. The van der Waals surface area contributed by atoms with Crippen molar-refractivity contribution in [3.63, 3.8) is 0 Å². The highest BCUT2D eigenvalue weighted by Crippen LogP contribution is 2.28. The van der Waals surface area contributed by atoms with Crippen molar-refractivity contribution in [2.45, 2.75) is 25.4 Å². The molecule has 2 atom stereocenters. The number of hydrogen-bond donors (Lipinski definition) is 2. The zero-order valence-electron chi connectivity index (χ0n) is 17.3.